The van der Waals surface area contributed by atoms with Gasteiger partial charge in [0, 0.05) is 29.3 Å². The molecule has 2 aromatic rings. The average Bonchev–Trinajstić information content (AvgIpc) is 2.83. The van der Waals surface area contributed by atoms with Crippen molar-refractivity contribution in [1.29, 1.82) is 0 Å². The molecular weight excluding hydrogens is 376 g/mol. The van der Waals surface area contributed by atoms with E-state index in [-0.39, 0.29) is 24.0 Å². The standard InChI is InChI=1S/C21H22N2O4S/c1-14-10-11-23(18-8-3-4-9-19(18)28-14)20(25)13-27-21(26)16-6-5-7-17(12-16)22-15(2)24/h3-9,12,14H,10-11,13H2,1-2H3,(H,22,24)/t14-/m0/s1. The summed E-state index contributed by atoms with van der Waals surface area (Å²) >= 11 is 1.75. The Morgan fingerprint density at radius 2 is 1.96 bits per heavy atom. The third-order valence-corrected chi connectivity index (χ3v) is 5.53. The lowest BCUT2D eigenvalue weighted by atomic mass is 10.2. The molecule has 0 saturated heterocycles. The molecule has 6 nitrogen and oxygen atoms in total. The first-order chi connectivity index (χ1) is 13.4. The predicted octanol–water partition coefficient (Wildman–Crippen LogP) is 3.72. The Labute approximate surface area is 168 Å². The number of anilines is 2. The van der Waals surface area contributed by atoms with E-state index in [0.717, 1.165) is 17.0 Å². The number of hydrogen-bond acceptors (Lipinski definition) is 5. The fraction of sp³-hybridized carbons (Fsp3) is 0.286. The van der Waals surface area contributed by atoms with Gasteiger partial charge in [-0.3, -0.25) is 9.59 Å². The van der Waals surface area contributed by atoms with Crippen molar-refractivity contribution >= 4 is 40.9 Å². The van der Waals surface area contributed by atoms with E-state index in [1.165, 1.54) is 13.0 Å². The van der Waals surface area contributed by atoms with E-state index in [0.29, 0.717) is 17.5 Å². The van der Waals surface area contributed by atoms with Crippen molar-refractivity contribution in [3.8, 4) is 0 Å². The van der Waals surface area contributed by atoms with Gasteiger partial charge in [-0.2, -0.15) is 0 Å². The summed E-state index contributed by atoms with van der Waals surface area (Å²) in [6.07, 6.45) is 0.859. The third-order valence-electron chi connectivity index (χ3n) is 4.29. The predicted molar refractivity (Wildman–Crippen MR) is 110 cm³/mol. The van der Waals surface area contributed by atoms with Gasteiger partial charge >= 0.3 is 5.97 Å². The molecule has 1 aliphatic heterocycles. The summed E-state index contributed by atoms with van der Waals surface area (Å²) in [7, 11) is 0. The van der Waals surface area contributed by atoms with Gasteiger partial charge in [0.1, 0.15) is 0 Å². The first kappa shape index (κ1) is 19.9. The fourth-order valence-corrected chi connectivity index (χ4v) is 4.07. The van der Waals surface area contributed by atoms with Gasteiger partial charge in [-0.05, 0) is 36.8 Å². The van der Waals surface area contributed by atoms with Crippen molar-refractivity contribution < 1.29 is 19.1 Å². The number of amides is 2. The van der Waals surface area contributed by atoms with Crippen LogP contribution in [0.1, 0.15) is 30.6 Å². The van der Waals surface area contributed by atoms with Crippen LogP contribution in [0.5, 0.6) is 0 Å². The molecule has 0 spiro atoms. The molecule has 0 saturated carbocycles. The fourth-order valence-electron chi connectivity index (χ4n) is 2.96. The van der Waals surface area contributed by atoms with Crippen LogP contribution in [0.3, 0.4) is 0 Å². The van der Waals surface area contributed by atoms with Crippen molar-refractivity contribution in [2.45, 2.75) is 30.4 Å². The topological polar surface area (TPSA) is 75.7 Å². The van der Waals surface area contributed by atoms with Crippen molar-refractivity contribution in [1.82, 2.24) is 0 Å². The largest absolute Gasteiger partial charge is 0.452 e. The van der Waals surface area contributed by atoms with Gasteiger partial charge in [-0.15, -0.1) is 11.8 Å². The van der Waals surface area contributed by atoms with Gasteiger partial charge in [0.15, 0.2) is 6.61 Å². The first-order valence-corrected chi connectivity index (χ1v) is 9.93. The summed E-state index contributed by atoms with van der Waals surface area (Å²) in [5, 5.41) is 3.02. The quantitative estimate of drug-likeness (QED) is 0.795. The van der Waals surface area contributed by atoms with E-state index in [4.69, 9.17) is 4.74 Å². The van der Waals surface area contributed by atoms with E-state index >= 15 is 0 Å². The Morgan fingerprint density at radius 3 is 2.75 bits per heavy atom. The number of para-hydroxylation sites is 1. The summed E-state index contributed by atoms with van der Waals surface area (Å²) in [6.45, 7) is 3.77. The van der Waals surface area contributed by atoms with Crippen LogP contribution in [-0.2, 0) is 14.3 Å². The summed E-state index contributed by atoms with van der Waals surface area (Å²) in [6, 6.07) is 14.2. The second-order valence-electron chi connectivity index (χ2n) is 6.57. The minimum atomic E-state index is -0.605. The number of hydrogen-bond donors (Lipinski definition) is 1. The number of benzene rings is 2. The maximum absolute atomic E-state index is 12.8. The molecule has 7 heteroatoms. The number of nitrogens with zero attached hydrogens (tertiary/aromatic N) is 1. The number of thioether (sulfide) groups is 1. The molecule has 0 radical (unpaired) electrons. The van der Waals surface area contributed by atoms with Crippen molar-refractivity contribution in [2.24, 2.45) is 0 Å². The van der Waals surface area contributed by atoms with Gasteiger partial charge in [0.05, 0.1) is 11.3 Å². The number of ether oxygens (including phenoxy) is 1. The molecular formula is C21H22N2O4S. The number of carbonyl (C=O) groups is 3. The van der Waals surface area contributed by atoms with Crippen LogP contribution >= 0.6 is 11.8 Å². The van der Waals surface area contributed by atoms with E-state index < -0.39 is 5.97 Å². The number of fused-ring (bicyclic) bond motifs is 1. The Bertz CT molecular complexity index is 899. The second kappa shape index (κ2) is 8.93. The van der Waals surface area contributed by atoms with Crippen LogP contribution in [0, 0.1) is 0 Å². The minimum absolute atomic E-state index is 0.229. The molecule has 0 bridgehead atoms. The Hall–Kier alpha value is -2.80. The van der Waals surface area contributed by atoms with Gasteiger partial charge in [-0.1, -0.05) is 25.1 Å². The molecule has 0 aliphatic carbocycles. The third kappa shape index (κ3) is 4.92. The van der Waals surface area contributed by atoms with Crippen molar-refractivity contribution in [3.05, 3.63) is 54.1 Å². The SMILES string of the molecule is CC(=O)Nc1cccc(C(=O)OCC(=O)N2CC[C@H](C)Sc3ccccc32)c1. The molecule has 0 aromatic heterocycles. The smallest absolute Gasteiger partial charge is 0.338 e. The van der Waals surface area contributed by atoms with Crippen molar-refractivity contribution in [2.75, 3.05) is 23.4 Å². The van der Waals surface area contributed by atoms with Crippen LogP contribution in [-0.4, -0.2) is 36.2 Å². The monoisotopic (exact) mass is 398 g/mol. The summed E-state index contributed by atoms with van der Waals surface area (Å²) in [5.41, 5.74) is 1.63. The first-order valence-electron chi connectivity index (χ1n) is 9.05. The Morgan fingerprint density at radius 1 is 1.18 bits per heavy atom. The molecule has 2 aromatic carbocycles. The zero-order valence-electron chi connectivity index (χ0n) is 15.8. The summed E-state index contributed by atoms with van der Waals surface area (Å²) in [5.74, 6) is -1.09. The van der Waals surface area contributed by atoms with Crippen LogP contribution < -0.4 is 10.2 Å². The minimum Gasteiger partial charge on any atom is -0.452 e. The second-order valence-corrected chi connectivity index (χ2v) is 8.05. The molecule has 1 N–H and O–H groups in total. The zero-order valence-corrected chi connectivity index (χ0v) is 16.6. The highest BCUT2D eigenvalue weighted by Gasteiger charge is 2.25. The molecule has 146 valence electrons. The Kier molecular flexibility index (Phi) is 6.36. The normalized spacial score (nSPS) is 15.9. The molecule has 0 fully saturated rings. The maximum atomic E-state index is 12.8. The summed E-state index contributed by atoms with van der Waals surface area (Å²) in [4.78, 5) is 39.0. The number of carbonyl (C=O) groups excluding carboxylic acids is 3. The van der Waals surface area contributed by atoms with E-state index in [1.54, 1.807) is 34.9 Å². The molecule has 3 rings (SSSR count). The molecule has 1 aliphatic rings. The summed E-state index contributed by atoms with van der Waals surface area (Å²) < 4.78 is 5.24. The van der Waals surface area contributed by atoms with E-state index in [1.807, 2.05) is 24.3 Å². The van der Waals surface area contributed by atoms with E-state index in [9.17, 15) is 14.4 Å². The van der Waals surface area contributed by atoms with E-state index in [2.05, 4.69) is 12.2 Å². The zero-order chi connectivity index (χ0) is 20.1. The van der Waals surface area contributed by atoms with Gasteiger partial charge in [-0.25, -0.2) is 4.79 Å². The number of nitrogens with one attached hydrogen (secondary N) is 1. The molecule has 28 heavy (non-hydrogen) atoms. The van der Waals surface area contributed by atoms with Crippen LogP contribution in [0.25, 0.3) is 0 Å². The molecule has 0 unspecified atom stereocenters. The lowest BCUT2D eigenvalue weighted by Gasteiger charge is -2.22. The van der Waals surface area contributed by atoms with Gasteiger partial charge in [0.2, 0.25) is 5.91 Å². The lowest BCUT2D eigenvalue weighted by molar-refractivity contribution is -0.121. The lowest BCUT2D eigenvalue weighted by Crippen LogP contribution is -2.35. The number of rotatable bonds is 4. The van der Waals surface area contributed by atoms with Crippen LogP contribution in [0.4, 0.5) is 11.4 Å². The number of esters is 1. The molecule has 1 atom stereocenters. The highest BCUT2D eigenvalue weighted by molar-refractivity contribution is 8.00. The highest BCUT2D eigenvalue weighted by atomic mass is 32.2. The van der Waals surface area contributed by atoms with Crippen LogP contribution in [0.15, 0.2) is 53.4 Å². The van der Waals surface area contributed by atoms with Gasteiger partial charge < -0.3 is 15.0 Å². The van der Waals surface area contributed by atoms with Crippen LogP contribution in [0.2, 0.25) is 0 Å². The van der Waals surface area contributed by atoms with Gasteiger partial charge in [0.25, 0.3) is 5.91 Å². The maximum Gasteiger partial charge on any atom is 0.338 e. The Balaban J connectivity index is 1.67. The highest BCUT2D eigenvalue weighted by Crippen LogP contribution is 2.37. The molecule has 2 amide bonds. The van der Waals surface area contributed by atoms with Crippen molar-refractivity contribution in [3.63, 3.8) is 0 Å². The average molecular weight is 398 g/mol. The molecule has 1 heterocycles.